The molecule has 1 saturated heterocycles. The van der Waals surface area contributed by atoms with Gasteiger partial charge < -0.3 is 0 Å². The maximum Gasteiger partial charge on any atom is 0.228 e. The van der Waals surface area contributed by atoms with Crippen molar-refractivity contribution in [3.63, 3.8) is 0 Å². The highest BCUT2D eigenvalue weighted by atomic mass is 19.2. The number of rotatable bonds is 3. The molecule has 1 aliphatic heterocycles. The summed E-state index contributed by atoms with van der Waals surface area (Å²) in [6.45, 7) is 0.487. The van der Waals surface area contributed by atoms with Gasteiger partial charge in [-0.3, -0.25) is 19.8 Å². The van der Waals surface area contributed by atoms with E-state index in [0.717, 1.165) is 17.3 Å². The third-order valence-electron chi connectivity index (χ3n) is 4.67. The number of aromatic nitrogens is 3. The molecule has 7 heteroatoms. The van der Waals surface area contributed by atoms with Gasteiger partial charge in [0.1, 0.15) is 5.82 Å². The molecule has 1 fully saturated rings. The van der Waals surface area contributed by atoms with Crippen LogP contribution < -0.4 is 4.90 Å². The van der Waals surface area contributed by atoms with Crippen molar-refractivity contribution in [1.29, 1.82) is 0 Å². The lowest BCUT2D eigenvalue weighted by Gasteiger charge is -2.30. The first-order valence-corrected chi connectivity index (χ1v) is 8.33. The second-order valence-electron chi connectivity index (χ2n) is 6.28. The van der Waals surface area contributed by atoms with Gasteiger partial charge in [-0.15, -0.1) is 0 Å². The first-order chi connectivity index (χ1) is 12.6. The normalized spacial score (nSPS) is 17.5. The van der Waals surface area contributed by atoms with Crippen LogP contribution in [0.2, 0.25) is 0 Å². The highest BCUT2D eigenvalue weighted by molar-refractivity contribution is 5.94. The Bertz CT molecular complexity index is 942. The molecule has 3 aromatic rings. The summed E-state index contributed by atoms with van der Waals surface area (Å²) in [6, 6.07) is 9.35. The predicted molar refractivity (Wildman–Crippen MR) is 92.5 cm³/mol. The molecule has 1 amide bonds. The van der Waals surface area contributed by atoms with Gasteiger partial charge in [-0.05, 0) is 42.2 Å². The van der Waals surface area contributed by atoms with Gasteiger partial charge in [0.2, 0.25) is 5.91 Å². The molecule has 132 valence electrons. The Labute approximate surface area is 148 Å². The molecule has 26 heavy (non-hydrogen) atoms. The van der Waals surface area contributed by atoms with Gasteiger partial charge in [0, 0.05) is 37.0 Å². The molecule has 5 nitrogen and oxygen atoms in total. The molecule has 0 spiro atoms. The first kappa shape index (κ1) is 16.4. The Hall–Kier alpha value is -3.09. The quantitative estimate of drug-likeness (QED) is 0.781. The number of amides is 1. The van der Waals surface area contributed by atoms with Crippen LogP contribution in [0.1, 0.15) is 24.3 Å². The number of halogens is 2. The second-order valence-corrected chi connectivity index (χ2v) is 6.28. The number of carbonyl (C=O) groups excluding carboxylic acids is 1. The number of benzene rings is 1. The Morgan fingerprint density at radius 1 is 1.08 bits per heavy atom. The SMILES string of the molecule is O=C1CC(c2ccc(F)c(F)c2)CCN1c1cc(-c2ccncc2)n[nH]1. The monoisotopic (exact) mass is 354 g/mol. The lowest BCUT2D eigenvalue weighted by Crippen LogP contribution is -2.38. The molecule has 0 radical (unpaired) electrons. The fourth-order valence-corrected chi connectivity index (χ4v) is 3.26. The number of H-pyrrole nitrogens is 1. The van der Waals surface area contributed by atoms with Crippen LogP contribution in [0.5, 0.6) is 0 Å². The van der Waals surface area contributed by atoms with Gasteiger partial charge in [0.15, 0.2) is 11.6 Å². The molecule has 4 rings (SSSR count). The minimum Gasteiger partial charge on any atom is -0.297 e. The molecule has 3 heterocycles. The number of aromatic amines is 1. The number of piperidine rings is 1. The fraction of sp³-hybridized carbons (Fsp3) is 0.211. The van der Waals surface area contributed by atoms with Crippen LogP contribution in [0, 0.1) is 11.6 Å². The Morgan fingerprint density at radius 3 is 2.62 bits per heavy atom. The standard InChI is InChI=1S/C19H16F2N4O/c20-15-2-1-13(9-16(15)21)14-5-8-25(19(26)10-14)18-11-17(23-24-18)12-3-6-22-7-4-12/h1-4,6-7,9,11,14H,5,8,10H2,(H,23,24). The third-order valence-corrected chi connectivity index (χ3v) is 4.67. The molecule has 0 aliphatic carbocycles. The van der Waals surface area contributed by atoms with Gasteiger partial charge in [0.25, 0.3) is 0 Å². The van der Waals surface area contributed by atoms with Crippen molar-refractivity contribution >= 4 is 11.7 Å². The number of hydrogen-bond donors (Lipinski definition) is 1. The lowest BCUT2D eigenvalue weighted by molar-refractivity contribution is -0.120. The van der Waals surface area contributed by atoms with Crippen LogP contribution in [0.25, 0.3) is 11.3 Å². The van der Waals surface area contributed by atoms with Crippen LogP contribution in [-0.4, -0.2) is 27.6 Å². The minimum atomic E-state index is -0.882. The summed E-state index contributed by atoms with van der Waals surface area (Å²) in [5, 5.41) is 7.16. The topological polar surface area (TPSA) is 61.9 Å². The van der Waals surface area contributed by atoms with E-state index in [4.69, 9.17) is 0 Å². The zero-order valence-electron chi connectivity index (χ0n) is 13.8. The lowest BCUT2D eigenvalue weighted by atomic mass is 9.89. The van der Waals surface area contributed by atoms with Crippen LogP contribution >= 0.6 is 0 Å². The van der Waals surface area contributed by atoms with Gasteiger partial charge in [-0.2, -0.15) is 5.10 Å². The second kappa shape index (κ2) is 6.67. The van der Waals surface area contributed by atoms with Crippen molar-refractivity contribution in [3.05, 3.63) is 66.0 Å². The van der Waals surface area contributed by atoms with Gasteiger partial charge >= 0.3 is 0 Å². The summed E-state index contributed by atoms with van der Waals surface area (Å²) in [5.41, 5.74) is 2.29. The highest BCUT2D eigenvalue weighted by Crippen LogP contribution is 2.32. The number of nitrogens with one attached hydrogen (secondary N) is 1. The highest BCUT2D eigenvalue weighted by Gasteiger charge is 2.29. The van der Waals surface area contributed by atoms with Crippen LogP contribution in [0.4, 0.5) is 14.6 Å². The molecule has 1 atom stereocenters. The molecular formula is C19H16F2N4O. The average molecular weight is 354 g/mol. The minimum absolute atomic E-state index is 0.0732. The van der Waals surface area contributed by atoms with E-state index in [2.05, 4.69) is 15.2 Å². The van der Waals surface area contributed by atoms with Gasteiger partial charge in [-0.25, -0.2) is 8.78 Å². The number of pyridine rings is 1. The molecule has 0 saturated carbocycles. The number of hydrogen-bond acceptors (Lipinski definition) is 3. The Balaban J connectivity index is 1.50. The third kappa shape index (κ3) is 3.08. The van der Waals surface area contributed by atoms with E-state index >= 15 is 0 Å². The zero-order chi connectivity index (χ0) is 18.1. The number of anilines is 1. The maximum atomic E-state index is 13.4. The number of nitrogens with zero attached hydrogens (tertiary/aromatic N) is 3. The van der Waals surface area contributed by atoms with Crippen molar-refractivity contribution in [2.75, 3.05) is 11.4 Å². The molecule has 1 unspecified atom stereocenters. The molecule has 0 bridgehead atoms. The van der Waals surface area contributed by atoms with Crippen molar-refractivity contribution < 1.29 is 13.6 Å². The zero-order valence-corrected chi connectivity index (χ0v) is 13.8. The molecule has 1 N–H and O–H groups in total. The van der Waals surface area contributed by atoms with E-state index in [1.807, 2.05) is 18.2 Å². The largest absolute Gasteiger partial charge is 0.297 e. The summed E-state index contributed by atoms with van der Waals surface area (Å²) in [5.74, 6) is -1.32. The summed E-state index contributed by atoms with van der Waals surface area (Å²) in [4.78, 5) is 18.2. The van der Waals surface area contributed by atoms with E-state index in [1.54, 1.807) is 23.4 Å². The van der Waals surface area contributed by atoms with Crippen LogP contribution in [0.15, 0.2) is 48.8 Å². The van der Waals surface area contributed by atoms with E-state index in [-0.39, 0.29) is 18.2 Å². The molecule has 1 aromatic carbocycles. The van der Waals surface area contributed by atoms with E-state index in [1.165, 1.54) is 6.07 Å². The maximum absolute atomic E-state index is 13.4. The summed E-state index contributed by atoms with van der Waals surface area (Å²) >= 11 is 0. The fourth-order valence-electron chi connectivity index (χ4n) is 3.26. The average Bonchev–Trinajstić information content (AvgIpc) is 3.14. The Kier molecular flexibility index (Phi) is 4.20. The van der Waals surface area contributed by atoms with Crippen molar-refractivity contribution in [1.82, 2.24) is 15.2 Å². The van der Waals surface area contributed by atoms with E-state index < -0.39 is 11.6 Å². The van der Waals surface area contributed by atoms with Gasteiger partial charge in [0.05, 0.1) is 5.69 Å². The molecule has 1 aliphatic rings. The molecule has 2 aromatic heterocycles. The van der Waals surface area contributed by atoms with E-state index in [9.17, 15) is 13.6 Å². The summed E-state index contributed by atoms with van der Waals surface area (Å²) < 4.78 is 26.6. The smallest absolute Gasteiger partial charge is 0.228 e. The van der Waals surface area contributed by atoms with Crippen molar-refractivity contribution in [3.8, 4) is 11.3 Å². The summed E-state index contributed by atoms with van der Waals surface area (Å²) in [7, 11) is 0. The molecular weight excluding hydrogens is 338 g/mol. The van der Waals surface area contributed by atoms with Crippen molar-refractivity contribution in [2.24, 2.45) is 0 Å². The predicted octanol–water partition coefficient (Wildman–Crippen LogP) is 3.66. The number of carbonyl (C=O) groups is 1. The summed E-state index contributed by atoms with van der Waals surface area (Å²) in [6.07, 6.45) is 4.28. The first-order valence-electron chi connectivity index (χ1n) is 8.33. The van der Waals surface area contributed by atoms with Crippen LogP contribution in [0.3, 0.4) is 0 Å². The Morgan fingerprint density at radius 2 is 1.88 bits per heavy atom. The van der Waals surface area contributed by atoms with Crippen molar-refractivity contribution in [2.45, 2.75) is 18.8 Å². The van der Waals surface area contributed by atoms with Crippen LogP contribution in [-0.2, 0) is 4.79 Å². The van der Waals surface area contributed by atoms with E-state index in [0.29, 0.717) is 24.3 Å². The van der Waals surface area contributed by atoms with Gasteiger partial charge in [-0.1, -0.05) is 6.07 Å².